The smallest absolute Gasteiger partial charge is 0.194 e. The molecule has 2 aromatic rings. The number of guanidine groups is 1. The minimum Gasteiger partial charge on any atom is -0.357 e. The Balaban J connectivity index is 1.96. The minimum absolute atomic E-state index is 0.688. The van der Waals surface area contributed by atoms with Crippen LogP contribution in [0.3, 0.4) is 0 Å². The third-order valence-electron chi connectivity index (χ3n) is 3.38. The van der Waals surface area contributed by atoms with Gasteiger partial charge in [0.1, 0.15) is 12.2 Å². The molecular weight excluding hydrogens is 310 g/mol. The first-order chi connectivity index (χ1) is 11.1. The Morgan fingerprint density at radius 2 is 2.26 bits per heavy atom. The van der Waals surface area contributed by atoms with E-state index in [1.165, 1.54) is 0 Å². The second kappa shape index (κ2) is 8.61. The van der Waals surface area contributed by atoms with Crippen LogP contribution in [0.1, 0.15) is 30.4 Å². The van der Waals surface area contributed by atoms with Crippen molar-refractivity contribution >= 4 is 17.3 Å². The zero-order valence-electron chi connectivity index (χ0n) is 14.3. The molecule has 2 heterocycles. The Kier molecular flexibility index (Phi) is 6.52. The molecule has 8 heteroatoms. The SMILES string of the molecule is CCNC(=NCCn1cnnc1CC)N(C)Cc1csc(C)n1. The summed E-state index contributed by atoms with van der Waals surface area (Å²) in [6.45, 7) is 9.25. The number of aliphatic imine (C=N–C) groups is 1. The summed E-state index contributed by atoms with van der Waals surface area (Å²) in [6, 6.07) is 0. The second-order valence-electron chi connectivity index (χ2n) is 5.24. The summed E-state index contributed by atoms with van der Waals surface area (Å²) in [5.41, 5.74) is 1.08. The topological polar surface area (TPSA) is 71.2 Å². The van der Waals surface area contributed by atoms with Crippen molar-refractivity contribution in [3.63, 3.8) is 0 Å². The van der Waals surface area contributed by atoms with E-state index in [1.54, 1.807) is 17.7 Å². The molecular formula is C15H25N7S. The van der Waals surface area contributed by atoms with E-state index in [9.17, 15) is 0 Å². The van der Waals surface area contributed by atoms with Crippen LogP contribution in [-0.4, -0.2) is 50.7 Å². The molecule has 0 saturated carbocycles. The normalized spacial score (nSPS) is 11.7. The largest absolute Gasteiger partial charge is 0.357 e. The predicted molar refractivity (Wildman–Crippen MR) is 93.7 cm³/mol. The van der Waals surface area contributed by atoms with Gasteiger partial charge in [0, 0.05) is 31.9 Å². The van der Waals surface area contributed by atoms with E-state index in [4.69, 9.17) is 4.99 Å². The Labute approximate surface area is 141 Å². The number of rotatable bonds is 7. The van der Waals surface area contributed by atoms with Gasteiger partial charge in [-0.15, -0.1) is 21.5 Å². The average molecular weight is 335 g/mol. The van der Waals surface area contributed by atoms with Gasteiger partial charge in [-0.2, -0.15) is 0 Å². The molecule has 126 valence electrons. The summed E-state index contributed by atoms with van der Waals surface area (Å²) in [4.78, 5) is 11.3. The van der Waals surface area contributed by atoms with Gasteiger partial charge in [-0.3, -0.25) is 4.99 Å². The van der Waals surface area contributed by atoms with Crippen LogP contribution in [0.15, 0.2) is 16.7 Å². The van der Waals surface area contributed by atoms with E-state index >= 15 is 0 Å². The van der Waals surface area contributed by atoms with Gasteiger partial charge < -0.3 is 14.8 Å². The van der Waals surface area contributed by atoms with Crippen molar-refractivity contribution in [3.05, 3.63) is 28.2 Å². The van der Waals surface area contributed by atoms with Gasteiger partial charge in [-0.05, 0) is 13.8 Å². The monoisotopic (exact) mass is 335 g/mol. The number of nitrogens with one attached hydrogen (secondary N) is 1. The zero-order valence-corrected chi connectivity index (χ0v) is 15.1. The number of thiazole rings is 1. The van der Waals surface area contributed by atoms with Crippen molar-refractivity contribution in [3.8, 4) is 0 Å². The Morgan fingerprint density at radius 3 is 2.91 bits per heavy atom. The summed E-state index contributed by atoms with van der Waals surface area (Å²) in [5.74, 6) is 1.89. The lowest BCUT2D eigenvalue weighted by molar-refractivity contribution is 0.469. The van der Waals surface area contributed by atoms with Crippen molar-refractivity contribution in [1.82, 2.24) is 30.0 Å². The minimum atomic E-state index is 0.688. The lowest BCUT2D eigenvalue weighted by Crippen LogP contribution is -2.38. The first kappa shape index (κ1) is 17.4. The van der Waals surface area contributed by atoms with Gasteiger partial charge in [0.2, 0.25) is 0 Å². The third kappa shape index (κ3) is 5.02. The van der Waals surface area contributed by atoms with Crippen LogP contribution in [0.4, 0.5) is 0 Å². The molecule has 23 heavy (non-hydrogen) atoms. The number of hydrogen-bond acceptors (Lipinski definition) is 5. The number of aryl methyl sites for hydroxylation is 2. The van der Waals surface area contributed by atoms with Crippen molar-refractivity contribution in [1.29, 1.82) is 0 Å². The van der Waals surface area contributed by atoms with Gasteiger partial charge in [0.15, 0.2) is 5.96 Å². The maximum absolute atomic E-state index is 4.70. The van der Waals surface area contributed by atoms with Crippen LogP contribution in [-0.2, 0) is 19.5 Å². The van der Waals surface area contributed by atoms with Crippen molar-refractivity contribution in [2.45, 2.75) is 40.3 Å². The molecule has 0 fully saturated rings. The van der Waals surface area contributed by atoms with Gasteiger partial charge in [-0.25, -0.2) is 4.98 Å². The van der Waals surface area contributed by atoms with Crippen molar-refractivity contribution < 1.29 is 0 Å². The Hall–Kier alpha value is -1.96. The van der Waals surface area contributed by atoms with Crippen LogP contribution >= 0.6 is 11.3 Å². The van der Waals surface area contributed by atoms with Crippen LogP contribution < -0.4 is 5.32 Å². The maximum atomic E-state index is 4.70. The molecule has 0 aliphatic rings. The van der Waals surface area contributed by atoms with E-state index < -0.39 is 0 Å². The molecule has 2 rings (SSSR count). The molecule has 7 nitrogen and oxygen atoms in total. The predicted octanol–water partition coefficient (Wildman–Crippen LogP) is 1.70. The Bertz CT molecular complexity index is 631. The highest BCUT2D eigenvalue weighted by Crippen LogP contribution is 2.09. The van der Waals surface area contributed by atoms with Crippen molar-refractivity contribution in [2.24, 2.45) is 4.99 Å². The fourth-order valence-electron chi connectivity index (χ4n) is 2.27. The lowest BCUT2D eigenvalue weighted by atomic mass is 10.4. The fraction of sp³-hybridized carbons (Fsp3) is 0.600. The summed E-state index contributed by atoms with van der Waals surface area (Å²) in [7, 11) is 2.03. The second-order valence-corrected chi connectivity index (χ2v) is 6.31. The van der Waals surface area contributed by atoms with Crippen LogP contribution in [0.2, 0.25) is 0 Å². The lowest BCUT2D eigenvalue weighted by Gasteiger charge is -2.21. The van der Waals surface area contributed by atoms with E-state index in [-0.39, 0.29) is 0 Å². The summed E-state index contributed by atoms with van der Waals surface area (Å²) in [6.07, 6.45) is 2.65. The number of aromatic nitrogens is 4. The first-order valence-electron chi connectivity index (χ1n) is 7.91. The van der Waals surface area contributed by atoms with E-state index in [0.29, 0.717) is 6.54 Å². The molecule has 2 aromatic heterocycles. The van der Waals surface area contributed by atoms with Crippen LogP contribution in [0.5, 0.6) is 0 Å². The number of hydrogen-bond donors (Lipinski definition) is 1. The summed E-state index contributed by atoms with van der Waals surface area (Å²) >= 11 is 1.68. The molecule has 0 saturated heterocycles. The molecule has 1 N–H and O–H groups in total. The molecule has 0 aromatic carbocycles. The highest BCUT2D eigenvalue weighted by atomic mass is 32.1. The summed E-state index contributed by atoms with van der Waals surface area (Å²) < 4.78 is 2.05. The standard InChI is InChI=1S/C15H25N7S/c1-5-14-20-18-11-22(14)8-7-17-15(16-6-2)21(4)9-13-10-23-12(3)19-13/h10-11H,5-9H2,1-4H3,(H,16,17). The number of nitrogens with zero attached hydrogens (tertiary/aromatic N) is 6. The molecule has 0 bridgehead atoms. The van der Waals surface area contributed by atoms with E-state index in [0.717, 1.165) is 48.5 Å². The van der Waals surface area contributed by atoms with Crippen LogP contribution in [0.25, 0.3) is 0 Å². The maximum Gasteiger partial charge on any atom is 0.194 e. The molecule has 0 unspecified atom stereocenters. The zero-order chi connectivity index (χ0) is 16.7. The quantitative estimate of drug-likeness (QED) is 0.616. The highest BCUT2D eigenvalue weighted by molar-refractivity contribution is 7.09. The van der Waals surface area contributed by atoms with Crippen molar-refractivity contribution in [2.75, 3.05) is 20.1 Å². The molecule has 0 amide bonds. The summed E-state index contributed by atoms with van der Waals surface area (Å²) in [5, 5.41) is 14.6. The average Bonchev–Trinajstić information content (AvgIpc) is 3.15. The van der Waals surface area contributed by atoms with E-state index in [2.05, 4.69) is 49.2 Å². The molecule has 0 atom stereocenters. The van der Waals surface area contributed by atoms with Gasteiger partial charge in [0.05, 0.1) is 23.8 Å². The van der Waals surface area contributed by atoms with Crippen LogP contribution in [0, 0.1) is 6.92 Å². The van der Waals surface area contributed by atoms with Gasteiger partial charge in [-0.1, -0.05) is 6.92 Å². The first-order valence-corrected chi connectivity index (χ1v) is 8.79. The third-order valence-corrected chi connectivity index (χ3v) is 4.20. The van der Waals surface area contributed by atoms with Gasteiger partial charge >= 0.3 is 0 Å². The molecule has 0 radical (unpaired) electrons. The highest BCUT2D eigenvalue weighted by Gasteiger charge is 2.08. The molecule has 0 aliphatic carbocycles. The fourth-order valence-corrected chi connectivity index (χ4v) is 2.88. The van der Waals surface area contributed by atoms with Gasteiger partial charge in [0.25, 0.3) is 0 Å². The molecule has 0 spiro atoms. The Morgan fingerprint density at radius 1 is 1.43 bits per heavy atom. The van der Waals surface area contributed by atoms with E-state index in [1.807, 2.05) is 14.0 Å². The molecule has 0 aliphatic heterocycles.